The molecule has 2 fully saturated rings. The van der Waals surface area contributed by atoms with Crippen LogP contribution in [0.3, 0.4) is 0 Å². The Morgan fingerprint density at radius 1 is 0.895 bits per heavy atom. The first-order valence-electron chi connectivity index (χ1n) is 14.9. The number of rotatable bonds is 7. The van der Waals surface area contributed by atoms with Crippen LogP contribution in [0.15, 0.2) is 72.3 Å². The summed E-state index contributed by atoms with van der Waals surface area (Å²) >= 11 is 0. The Morgan fingerprint density at radius 2 is 1.53 bits per heavy atom. The predicted molar refractivity (Wildman–Crippen MR) is 160 cm³/mol. The zero-order valence-electron chi connectivity index (χ0n) is 24.1. The monoisotopic (exact) mass is 512 g/mol. The largest absolute Gasteiger partial charge is 0.400 e. The molecule has 1 atom stereocenters. The standard InChI is InChI=1S/C35H44O.CH4O/c1-25-10-9-11-26(2)33(25)34(36)30-20-22-35(3,23-21-30)31-18-16-29(17-19-31)32(24-27-12-7-8-13-27)28-14-5-4-6-15-28;1-2/h4-7,9-15,29-32H,8,16-24H2,1-3H3;2H,1H3. The van der Waals surface area contributed by atoms with E-state index < -0.39 is 0 Å². The molecule has 3 aliphatic carbocycles. The molecule has 1 N–H and O–H groups in total. The normalized spacial score (nSPS) is 27.7. The Morgan fingerprint density at radius 3 is 2.11 bits per heavy atom. The average Bonchev–Trinajstić information content (AvgIpc) is 3.47. The number of hydrogen-bond donors (Lipinski definition) is 1. The van der Waals surface area contributed by atoms with Gasteiger partial charge in [-0.2, -0.15) is 0 Å². The van der Waals surface area contributed by atoms with Crippen molar-refractivity contribution in [3.05, 3.63) is 94.6 Å². The fourth-order valence-electron chi connectivity index (χ4n) is 7.74. The topological polar surface area (TPSA) is 37.3 Å². The molecule has 204 valence electrons. The number of Topliss-reactive ketones (excluding diaryl/α,β-unsaturated/α-hetero) is 1. The van der Waals surface area contributed by atoms with E-state index >= 15 is 0 Å². The number of aryl methyl sites for hydroxylation is 2. The van der Waals surface area contributed by atoms with E-state index in [0.29, 0.717) is 17.1 Å². The van der Waals surface area contributed by atoms with Gasteiger partial charge in [-0.3, -0.25) is 4.79 Å². The average molecular weight is 513 g/mol. The molecule has 0 amide bonds. The van der Waals surface area contributed by atoms with Gasteiger partial charge in [0.25, 0.3) is 0 Å². The van der Waals surface area contributed by atoms with Crippen molar-refractivity contribution in [1.82, 2.24) is 0 Å². The van der Waals surface area contributed by atoms with Crippen molar-refractivity contribution in [2.24, 2.45) is 23.2 Å². The maximum atomic E-state index is 13.4. The van der Waals surface area contributed by atoms with Crippen LogP contribution < -0.4 is 0 Å². The van der Waals surface area contributed by atoms with Gasteiger partial charge in [-0.05, 0) is 118 Å². The predicted octanol–water partition coefficient (Wildman–Crippen LogP) is 9.16. The van der Waals surface area contributed by atoms with Gasteiger partial charge < -0.3 is 5.11 Å². The molecule has 38 heavy (non-hydrogen) atoms. The number of ketones is 1. The number of aliphatic hydroxyl groups is 1. The Balaban J connectivity index is 0.00000164. The van der Waals surface area contributed by atoms with Crippen LogP contribution >= 0.6 is 0 Å². The molecule has 2 heteroatoms. The van der Waals surface area contributed by atoms with E-state index in [-0.39, 0.29) is 5.92 Å². The summed E-state index contributed by atoms with van der Waals surface area (Å²) < 4.78 is 0. The van der Waals surface area contributed by atoms with Gasteiger partial charge in [-0.1, -0.05) is 79.3 Å². The van der Waals surface area contributed by atoms with Gasteiger partial charge >= 0.3 is 0 Å². The fourth-order valence-corrected chi connectivity index (χ4v) is 7.74. The van der Waals surface area contributed by atoms with Crippen LogP contribution in [0, 0.1) is 37.0 Å². The van der Waals surface area contributed by atoms with E-state index in [1.807, 2.05) is 0 Å². The van der Waals surface area contributed by atoms with Crippen molar-refractivity contribution in [2.45, 2.75) is 90.9 Å². The molecule has 3 aliphatic rings. The molecule has 0 bridgehead atoms. The Hall–Kier alpha value is -2.45. The van der Waals surface area contributed by atoms with E-state index in [1.54, 1.807) is 0 Å². The fraction of sp³-hybridized carbons (Fsp3) is 0.528. The summed E-state index contributed by atoms with van der Waals surface area (Å²) in [5.74, 6) is 2.84. The minimum absolute atomic E-state index is 0.212. The van der Waals surface area contributed by atoms with Crippen LogP contribution in [0.4, 0.5) is 0 Å². The first-order valence-corrected chi connectivity index (χ1v) is 14.9. The Bertz CT molecular complexity index is 1090. The summed E-state index contributed by atoms with van der Waals surface area (Å²) in [6.45, 7) is 6.72. The molecule has 0 radical (unpaired) electrons. The zero-order chi connectivity index (χ0) is 27.1. The van der Waals surface area contributed by atoms with E-state index in [2.05, 4.69) is 87.5 Å². The van der Waals surface area contributed by atoms with Crippen molar-refractivity contribution in [1.29, 1.82) is 0 Å². The molecule has 0 saturated heterocycles. The molecular formula is C36H48O2. The summed E-state index contributed by atoms with van der Waals surface area (Å²) in [6, 6.07) is 17.5. The SMILES string of the molecule is CO.Cc1cccc(C)c1C(=O)C1CCC(C)(C2CCC(C(CC3=CCC=C3)c3ccccc3)CC2)CC1. The highest BCUT2D eigenvalue weighted by Gasteiger charge is 2.42. The molecular weight excluding hydrogens is 464 g/mol. The van der Waals surface area contributed by atoms with Gasteiger partial charge in [0.1, 0.15) is 0 Å². The van der Waals surface area contributed by atoms with Gasteiger partial charge in [-0.15, -0.1) is 0 Å². The first kappa shape index (κ1) is 28.6. The van der Waals surface area contributed by atoms with Crippen molar-refractivity contribution in [3.8, 4) is 0 Å². The van der Waals surface area contributed by atoms with Crippen LogP contribution in [-0.4, -0.2) is 18.0 Å². The van der Waals surface area contributed by atoms with Crippen molar-refractivity contribution in [3.63, 3.8) is 0 Å². The number of aliphatic hydroxyl groups excluding tert-OH is 1. The van der Waals surface area contributed by atoms with Crippen LogP contribution in [0.1, 0.15) is 104 Å². The van der Waals surface area contributed by atoms with Crippen LogP contribution in [0.5, 0.6) is 0 Å². The summed E-state index contributed by atoms with van der Waals surface area (Å²) in [5, 5.41) is 7.00. The van der Waals surface area contributed by atoms with Crippen LogP contribution in [-0.2, 0) is 0 Å². The molecule has 1 unspecified atom stereocenters. The van der Waals surface area contributed by atoms with Gasteiger partial charge in [0.15, 0.2) is 5.78 Å². The van der Waals surface area contributed by atoms with Crippen LogP contribution in [0.25, 0.3) is 0 Å². The molecule has 0 aromatic heterocycles. The van der Waals surface area contributed by atoms with Gasteiger partial charge in [0.05, 0.1) is 0 Å². The molecule has 2 nitrogen and oxygen atoms in total. The smallest absolute Gasteiger partial charge is 0.166 e. The highest BCUT2D eigenvalue weighted by molar-refractivity contribution is 6.00. The van der Waals surface area contributed by atoms with Gasteiger partial charge in [0.2, 0.25) is 0 Å². The molecule has 0 aliphatic heterocycles. The quantitative estimate of drug-likeness (QED) is 0.376. The third kappa shape index (κ3) is 6.40. The summed E-state index contributed by atoms with van der Waals surface area (Å²) in [6.07, 6.45) is 19.3. The first-order chi connectivity index (χ1) is 18.4. The lowest BCUT2D eigenvalue weighted by molar-refractivity contribution is 0.0475. The highest BCUT2D eigenvalue weighted by Crippen LogP contribution is 2.52. The number of carbonyl (C=O) groups excluding carboxylic acids is 1. The molecule has 0 spiro atoms. The van der Waals surface area contributed by atoms with Crippen molar-refractivity contribution < 1.29 is 9.90 Å². The Kier molecular flexibility index (Phi) is 9.82. The minimum atomic E-state index is 0.212. The second-order valence-electron chi connectivity index (χ2n) is 12.3. The third-order valence-corrected chi connectivity index (χ3v) is 10.1. The maximum Gasteiger partial charge on any atom is 0.166 e. The summed E-state index contributed by atoms with van der Waals surface area (Å²) in [4.78, 5) is 13.4. The number of benzene rings is 2. The van der Waals surface area contributed by atoms with E-state index in [4.69, 9.17) is 5.11 Å². The van der Waals surface area contributed by atoms with E-state index in [9.17, 15) is 4.79 Å². The van der Waals surface area contributed by atoms with E-state index in [1.165, 1.54) is 56.1 Å². The van der Waals surface area contributed by atoms with Crippen molar-refractivity contribution >= 4 is 5.78 Å². The molecule has 2 aromatic rings. The highest BCUT2D eigenvalue weighted by atomic mass is 16.2. The summed E-state index contributed by atoms with van der Waals surface area (Å²) in [7, 11) is 1.00. The van der Waals surface area contributed by atoms with Crippen LogP contribution in [0.2, 0.25) is 0 Å². The molecule has 5 rings (SSSR count). The molecule has 2 saturated carbocycles. The number of carbonyl (C=O) groups is 1. The van der Waals surface area contributed by atoms with E-state index in [0.717, 1.165) is 54.9 Å². The Labute approximate surface area is 231 Å². The maximum absolute atomic E-state index is 13.4. The second-order valence-corrected chi connectivity index (χ2v) is 12.3. The molecule has 2 aromatic carbocycles. The molecule has 0 heterocycles. The number of hydrogen-bond acceptors (Lipinski definition) is 2. The lowest BCUT2D eigenvalue weighted by Gasteiger charge is -2.46. The lowest BCUT2D eigenvalue weighted by Crippen LogP contribution is -2.37. The zero-order valence-corrected chi connectivity index (χ0v) is 24.1. The van der Waals surface area contributed by atoms with Gasteiger partial charge in [0, 0.05) is 18.6 Å². The third-order valence-electron chi connectivity index (χ3n) is 10.1. The number of allylic oxidation sites excluding steroid dienone is 4. The lowest BCUT2D eigenvalue weighted by atomic mass is 9.58. The van der Waals surface area contributed by atoms with Gasteiger partial charge in [-0.25, -0.2) is 0 Å². The summed E-state index contributed by atoms with van der Waals surface area (Å²) in [5.41, 5.74) is 6.74. The van der Waals surface area contributed by atoms with Crippen molar-refractivity contribution in [2.75, 3.05) is 7.11 Å². The second kappa shape index (κ2) is 13.1. The minimum Gasteiger partial charge on any atom is -0.400 e.